The molecule has 0 aliphatic carbocycles. The number of anilines is 3. The number of hydrogen-bond acceptors (Lipinski definition) is 4. The molecular formula is C20H25FN4O2S. The van der Waals surface area contributed by atoms with Crippen molar-refractivity contribution in [3.05, 3.63) is 54.3 Å². The van der Waals surface area contributed by atoms with E-state index in [9.17, 15) is 12.8 Å². The zero-order chi connectivity index (χ0) is 19.9. The lowest BCUT2D eigenvalue weighted by Gasteiger charge is -2.36. The molecule has 4 rings (SSSR count). The largest absolute Gasteiger partial charge is 0.331 e. The Morgan fingerprint density at radius 2 is 1.50 bits per heavy atom. The first kappa shape index (κ1) is 19.2. The predicted octanol–water partition coefficient (Wildman–Crippen LogP) is 2.71. The SMILES string of the molecule is CC1CN(CCN2c3ccccc3N(c3ccccc3F)S2(=O)=O)CC(C)N1. The predicted molar refractivity (Wildman–Crippen MR) is 110 cm³/mol. The molecule has 2 aliphatic rings. The fourth-order valence-electron chi connectivity index (χ4n) is 4.16. The standard InChI is InChI=1S/C20H25FN4O2S/c1-15-13-23(14-16(2)22-15)11-12-24-19-9-5-6-10-20(19)25(28(24,26)27)18-8-4-3-7-17(18)21/h3-10,15-16,22H,11-14H2,1-2H3. The van der Waals surface area contributed by atoms with Crippen LogP contribution in [0.5, 0.6) is 0 Å². The van der Waals surface area contributed by atoms with Crippen molar-refractivity contribution < 1.29 is 12.8 Å². The molecule has 2 aliphatic heterocycles. The lowest BCUT2D eigenvalue weighted by Crippen LogP contribution is -2.55. The van der Waals surface area contributed by atoms with Gasteiger partial charge in [0, 0.05) is 38.3 Å². The Morgan fingerprint density at radius 3 is 2.14 bits per heavy atom. The lowest BCUT2D eigenvalue weighted by molar-refractivity contribution is 0.178. The zero-order valence-electron chi connectivity index (χ0n) is 16.0. The molecule has 2 aromatic rings. The van der Waals surface area contributed by atoms with Crippen molar-refractivity contribution in [3.63, 3.8) is 0 Å². The van der Waals surface area contributed by atoms with Crippen LogP contribution in [-0.4, -0.2) is 51.6 Å². The van der Waals surface area contributed by atoms with Crippen LogP contribution in [0.2, 0.25) is 0 Å². The van der Waals surface area contributed by atoms with Gasteiger partial charge >= 0.3 is 10.2 Å². The summed E-state index contributed by atoms with van der Waals surface area (Å²) >= 11 is 0. The third-order valence-electron chi connectivity index (χ3n) is 5.20. The Bertz CT molecular complexity index is 958. The second-order valence-corrected chi connectivity index (χ2v) is 9.21. The van der Waals surface area contributed by atoms with Crippen LogP contribution in [-0.2, 0) is 10.2 Å². The summed E-state index contributed by atoms with van der Waals surface area (Å²) in [5.41, 5.74) is 1.11. The highest BCUT2D eigenvalue weighted by molar-refractivity contribution is 7.95. The molecule has 8 heteroatoms. The van der Waals surface area contributed by atoms with Gasteiger partial charge in [0.25, 0.3) is 0 Å². The average Bonchev–Trinajstić information content (AvgIpc) is 2.86. The van der Waals surface area contributed by atoms with E-state index in [1.54, 1.807) is 36.4 Å². The van der Waals surface area contributed by atoms with E-state index >= 15 is 0 Å². The van der Waals surface area contributed by atoms with Crippen molar-refractivity contribution in [2.45, 2.75) is 25.9 Å². The van der Waals surface area contributed by atoms with Crippen molar-refractivity contribution in [2.75, 3.05) is 34.8 Å². The van der Waals surface area contributed by atoms with Crippen molar-refractivity contribution in [2.24, 2.45) is 0 Å². The Balaban J connectivity index is 1.64. The van der Waals surface area contributed by atoms with E-state index in [0.717, 1.165) is 17.4 Å². The van der Waals surface area contributed by atoms with Gasteiger partial charge in [0.15, 0.2) is 0 Å². The molecule has 0 aromatic heterocycles. The van der Waals surface area contributed by atoms with Gasteiger partial charge in [0.05, 0.1) is 17.1 Å². The monoisotopic (exact) mass is 404 g/mol. The second-order valence-electron chi connectivity index (χ2n) is 7.51. The quantitative estimate of drug-likeness (QED) is 0.851. The first-order valence-electron chi connectivity index (χ1n) is 9.53. The smallest absolute Gasteiger partial charge is 0.309 e. The first-order valence-corrected chi connectivity index (χ1v) is 10.9. The number of benzene rings is 2. The van der Waals surface area contributed by atoms with E-state index in [2.05, 4.69) is 24.1 Å². The number of piperazine rings is 1. The van der Waals surface area contributed by atoms with Crippen LogP contribution in [0.15, 0.2) is 48.5 Å². The fraction of sp³-hybridized carbons (Fsp3) is 0.400. The highest BCUT2D eigenvalue weighted by atomic mass is 32.2. The number of nitrogens with one attached hydrogen (secondary N) is 1. The minimum Gasteiger partial charge on any atom is -0.309 e. The number of fused-ring (bicyclic) bond motifs is 1. The van der Waals surface area contributed by atoms with Crippen molar-refractivity contribution in [3.8, 4) is 0 Å². The average molecular weight is 405 g/mol. The fourth-order valence-corrected chi connectivity index (χ4v) is 5.87. The number of nitrogens with zero attached hydrogens (tertiary/aromatic N) is 3. The van der Waals surface area contributed by atoms with Gasteiger partial charge in [0.1, 0.15) is 5.82 Å². The van der Waals surface area contributed by atoms with Gasteiger partial charge in [-0.3, -0.25) is 4.90 Å². The third-order valence-corrected chi connectivity index (χ3v) is 6.99. The van der Waals surface area contributed by atoms with Gasteiger partial charge in [-0.2, -0.15) is 8.42 Å². The van der Waals surface area contributed by atoms with E-state index in [1.165, 1.54) is 16.4 Å². The summed E-state index contributed by atoms with van der Waals surface area (Å²) in [4.78, 5) is 2.27. The van der Waals surface area contributed by atoms with E-state index in [0.29, 0.717) is 36.5 Å². The highest BCUT2D eigenvalue weighted by Crippen LogP contribution is 2.45. The second kappa shape index (κ2) is 7.35. The van der Waals surface area contributed by atoms with Gasteiger partial charge in [-0.25, -0.2) is 13.0 Å². The van der Waals surface area contributed by atoms with E-state index in [4.69, 9.17) is 0 Å². The molecule has 6 nitrogen and oxygen atoms in total. The molecule has 2 unspecified atom stereocenters. The molecule has 0 saturated carbocycles. The van der Waals surface area contributed by atoms with E-state index in [-0.39, 0.29) is 5.69 Å². The van der Waals surface area contributed by atoms with Crippen molar-refractivity contribution in [1.82, 2.24) is 10.2 Å². The number of halogens is 1. The summed E-state index contributed by atoms with van der Waals surface area (Å²) in [5.74, 6) is -0.563. The zero-order valence-corrected chi connectivity index (χ0v) is 16.9. The summed E-state index contributed by atoms with van der Waals surface area (Å²) in [5, 5.41) is 3.48. The normalized spacial score (nSPS) is 24.4. The van der Waals surface area contributed by atoms with Gasteiger partial charge in [-0.05, 0) is 38.1 Å². The van der Waals surface area contributed by atoms with Crippen LogP contribution in [0.4, 0.5) is 21.5 Å². The maximum absolute atomic E-state index is 14.4. The molecule has 1 N–H and O–H groups in total. The molecule has 150 valence electrons. The van der Waals surface area contributed by atoms with Crippen LogP contribution in [0.1, 0.15) is 13.8 Å². The van der Waals surface area contributed by atoms with Crippen molar-refractivity contribution >= 4 is 27.3 Å². The number of hydrogen-bond donors (Lipinski definition) is 1. The molecule has 1 saturated heterocycles. The van der Waals surface area contributed by atoms with Crippen LogP contribution in [0.3, 0.4) is 0 Å². The summed E-state index contributed by atoms with van der Waals surface area (Å²) < 4.78 is 43.7. The van der Waals surface area contributed by atoms with E-state index < -0.39 is 16.0 Å². The number of para-hydroxylation sites is 3. The summed E-state index contributed by atoms with van der Waals surface area (Å²) in [7, 11) is -3.91. The Kier molecular flexibility index (Phi) is 5.03. The molecule has 2 aromatic carbocycles. The van der Waals surface area contributed by atoms with Gasteiger partial charge in [-0.15, -0.1) is 0 Å². The Morgan fingerprint density at radius 1 is 0.929 bits per heavy atom. The Labute approximate surface area is 165 Å². The molecule has 2 heterocycles. The van der Waals surface area contributed by atoms with E-state index in [1.807, 2.05) is 0 Å². The van der Waals surface area contributed by atoms with Crippen molar-refractivity contribution in [1.29, 1.82) is 0 Å². The molecule has 2 atom stereocenters. The molecule has 28 heavy (non-hydrogen) atoms. The highest BCUT2D eigenvalue weighted by Gasteiger charge is 2.42. The van der Waals surface area contributed by atoms with Crippen LogP contribution in [0.25, 0.3) is 0 Å². The van der Waals surface area contributed by atoms with Gasteiger partial charge < -0.3 is 5.32 Å². The summed E-state index contributed by atoms with van der Waals surface area (Å²) in [6.45, 7) is 6.95. The lowest BCUT2D eigenvalue weighted by atomic mass is 10.1. The maximum Gasteiger partial charge on any atom is 0.331 e. The Hall–Kier alpha value is -2.16. The molecule has 0 spiro atoms. The molecular weight excluding hydrogens is 379 g/mol. The van der Waals surface area contributed by atoms with Crippen LogP contribution >= 0.6 is 0 Å². The molecule has 0 radical (unpaired) electrons. The van der Waals surface area contributed by atoms with Gasteiger partial charge in [-0.1, -0.05) is 24.3 Å². The molecule has 0 amide bonds. The molecule has 1 fully saturated rings. The first-order chi connectivity index (χ1) is 13.4. The van der Waals surface area contributed by atoms with Crippen LogP contribution < -0.4 is 13.9 Å². The topological polar surface area (TPSA) is 55.9 Å². The van der Waals surface area contributed by atoms with Crippen LogP contribution in [0, 0.1) is 5.82 Å². The molecule has 0 bridgehead atoms. The number of rotatable bonds is 4. The third kappa shape index (κ3) is 3.36. The van der Waals surface area contributed by atoms with Gasteiger partial charge in [0.2, 0.25) is 0 Å². The maximum atomic E-state index is 14.4. The minimum atomic E-state index is -3.91. The summed E-state index contributed by atoms with van der Waals surface area (Å²) in [6.07, 6.45) is 0. The minimum absolute atomic E-state index is 0.0434. The summed E-state index contributed by atoms with van der Waals surface area (Å²) in [6, 6.07) is 13.8.